The largest absolute Gasteiger partial charge is 0.491 e. The van der Waals surface area contributed by atoms with Crippen molar-refractivity contribution in [1.29, 1.82) is 0 Å². The first-order chi connectivity index (χ1) is 56.3. The molecule has 0 bridgehead atoms. The fourth-order valence-electron chi connectivity index (χ4n) is 19.6. The number of hydrogen-bond acceptors (Lipinski definition) is 20. The van der Waals surface area contributed by atoms with Crippen molar-refractivity contribution < 1.29 is 76.0 Å². The molecule has 640 valence electrons. The number of hydrogen-bond donors (Lipinski definition) is 0. The van der Waals surface area contributed by atoms with Crippen LogP contribution >= 0.6 is 0 Å². The van der Waals surface area contributed by atoms with Crippen molar-refractivity contribution in [3.05, 3.63) is 97.1 Å². The van der Waals surface area contributed by atoms with Crippen molar-refractivity contribution in [2.24, 2.45) is 23.7 Å². The summed E-state index contributed by atoms with van der Waals surface area (Å²) in [7, 11) is 0. The molecule has 8 heterocycles. The van der Waals surface area contributed by atoms with Gasteiger partial charge < -0.3 is 96.0 Å². The number of carbonyl (C=O) groups is 4. The van der Waals surface area contributed by atoms with Crippen LogP contribution in [0.15, 0.2) is 97.1 Å². The fourth-order valence-corrected chi connectivity index (χ4v) is 19.6. The van der Waals surface area contributed by atoms with Crippen LogP contribution in [0.25, 0.3) is 0 Å². The predicted octanol–water partition coefficient (Wildman–Crippen LogP) is 13.8. The van der Waals surface area contributed by atoms with Crippen molar-refractivity contribution in [3.8, 4) is 23.0 Å². The van der Waals surface area contributed by atoms with Crippen molar-refractivity contribution in [3.63, 3.8) is 0 Å². The molecular formula is C92H136N8O16. The molecule has 24 nitrogen and oxygen atoms in total. The van der Waals surface area contributed by atoms with E-state index in [-0.39, 0.29) is 59.6 Å². The molecule has 0 spiro atoms. The lowest BCUT2D eigenvalue weighted by Gasteiger charge is -2.35. The minimum absolute atomic E-state index is 0.00325. The van der Waals surface area contributed by atoms with Crippen LogP contribution in [-0.2, 0) is 57.1 Å². The first-order valence-electron chi connectivity index (χ1n) is 44.5. The highest BCUT2D eigenvalue weighted by molar-refractivity contribution is 5.75. The SMILES string of the molecule is CC(=O)N1CCN(c2ccc(OCC3COC(C)(C4CCCC4)O3)cc2)CC1.CC(=O)N1CCN(c2ccc(OCC3COC(C)(C4CCCC4)O3)cc2)CC1.CCCC1(C2CCCC2)OCC(COc2ccc(N3CCN(C(C)=O)CC3)cc2)O1.CCCC1(C2CCCC2)OCC(COc2ccc(N3CCN(C(C)=O)CC3)cc2)O1. The average molecular weight is 1610 g/mol. The zero-order valence-electron chi connectivity index (χ0n) is 71.1. The molecule has 12 fully saturated rings. The standard InChI is InChI=1S/2C24H36N2O4.2C22H32N2O4/c2*1-3-12-24(20-6-4-5-7-20)29-18-23(30-24)17-28-22-10-8-21(9-11-22)26-15-13-25(14-16-26)19(2)27;2*1-17(25)23-11-13-24(14-12-23)19-7-9-20(10-8-19)26-15-21-16-27-22(2,28-21)18-5-3-4-6-18/h2*8-11,20,23H,3-7,12-18H2,1-2H3;2*7-10,18,21H,3-6,11-16H2,1-2H3. The molecule has 4 saturated carbocycles. The second kappa shape index (κ2) is 41.2. The van der Waals surface area contributed by atoms with Crippen LogP contribution in [0.3, 0.4) is 0 Å². The van der Waals surface area contributed by atoms with Gasteiger partial charge in [0.1, 0.15) is 73.8 Å². The number of anilines is 4. The smallest absolute Gasteiger partial charge is 0.219 e. The lowest BCUT2D eigenvalue weighted by Crippen LogP contribution is -2.48. The molecule has 0 radical (unpaired) electrons. The van der Waals surface area contributed by atoms with Crippen LogP contribution in [0.1, 0.15) is 184 Å². The Kier molecular flexibility index (Phi) is 30.8. The van der Waals surface area contributed by atoms with Gasteiger partial charge in [-0.1, -0.05) is 78.1 Å². The molecule has 4 aliphatic carbocycles. The van der Waals surface area contributed by atoms with Gasteiger partial charge in [-0.15, -0.1) is 0 Å². The third-order valence-electron chi connectivity index (χ3n) is 26.5. The van der Waals surface area contributed by atoms with Gasteiger partial charge in [-0.05, 0) is 162 Å². The molecule has 12 aliphatic rings. The van der Waals surface area contributed by atoms with Crippen molar-refractivity contribution in [2.75, 3.05) is 177 Å². The first-order valence-corrected chi connectivity index (χ1v) is 44.5. The Morgan fingerprint density at radius 3 is 0.750 bits per heavy atom. The summed E-state index contributed by atoms with van der Waals surface area (Å²) in [6, 6.07) is 32.9. The van der Waals surface area contributed by atoms with Crippen LogP contribution in [-0.4, -0.2) is 248 Å². The van der Waals surface area contributed by atoms with E-state index in [0.29, 0.717) is 76.5 Å². The van der Waals surface area contributed by atoms with Gasteiger partial charge in [0.2, 0.25) is 23.6 Å². The number of rotatable bonds is 24. The minimum atomic E-state index is -0.434. The summed E-state index contributed by atoms with van der Waals surface area (Å²) in [5.74, 6) is 4.51. The first kappa shape index (κ1) is 86.7. The highest BCUT2D eigenvalue weighted by Crippen LogP contribution is 2.47. The maximum Gasteiger partial charge on any atom is 0.219 e. The minimum Gasteiger partial charge on any atom is -0.491 e. The van der Waals surface area contributed by atoms with Crippen LogP contribution in [0.2, 0.25) is 0 Å². The predicted molar refractivity (Wildman–Crippen MR) is 449 cm³/mol. The molecule has 8 unspecified atom stereocenters. The second-order valence-corrected chi connectivity index (χ2v) is 34.5. The molecule has 0 aromatic heterocycles. The van der Waals surface area contributed by atoms with Crippen LogP contribution in [0, 0.1) is 23.7 Å². The van der Waals surface area contributed by atoms with Crippen molar-refractivity contribution in [2.45, 2.75) is 231 Å². The van der Waals surface area contributed by atoms with Gasteiger partial charge in [-0.2, -0.15) is 0 Å². The maximum atomic E-state index is 11.5. The monoisotopic (exact) mass is 1610 g/mol. The Morgan fingerprint density at radius 2 is 0.526 bits per heavy atom. The highest BCUT2D eigenvalue weighted by Gasteiger charge is 2.51. The van der Waals surface area contributed by atoms with Gasteiger partial charge in [-0.3, -0.25) is 19.2 Å². The number of nitrogens with zero attached hydrogens (tertiary/aromatic N) is 8. The van der Waals surface area contributed by atoms with E-state index in [1.165, 1.54) is 125 Å². The maximum absolute atomic E-state index is 11.5. The summed E-state index contributed by atoms with van der Waals surface area (Å²) in [6.07, 6.45) is 24.0. The molecule has 16 rings (SSSR count). The van der Waals surface area contributed by atoms with E-state index in [1.54, 1.807) is 27.7 Å². The lowest BCUT2D eigenvalue weighted by atomic mass is 9.93. The topological polar surface area (TPSA) is 205 Å². The number of ether oxygens (including phenoxy) is 12. The van der Waals surface area contributed by atoms with E-state index in [0.717, 1.165) is 153 Å². The zero-order chi connectivity index (χ0) is 81.1. The van der Waals surface area contributed by atoms with Crippen LogP contribution in [0.4, 0.5) is 22.7 Å². The Labute approximate surface area is 690 Å². The molecule has 116 heavy (non-hydrogen) atoms. The molecule has 4 aromatic rings. The fraction of sp³-hybridized carbons (Fsp3) is 0.696. The average Bonchev–Trinajstić information content (AvgIpc) is 1.67. The lowest BCUT2D eigenvalue weighted by molar-refractivity contribution is -0.210. The van der Waals surface area contributed by atoms with Crippen LogP contribution < -0.4 is 38.5 Å². The third-order valence-corrected chi connectivity index (χ3v) is 26.5. The van der Waals surface area contributed by atoms with Gasteiger partial charge in [0, 0.05) is 192 Å². The quantitative estimate of drug-likeness (QED) is 0.0639. The molecule has 0 N–H and O–H groups in total. The molecule has 4 amide bonds. The Morgan fingerprint density at radius 1 is 0.310 bits per heavy atom. The van der Waals surface area contributed by atoms with E-state index < -0.39 is 11.6 Å². The number of amides is 4. The number of benzene rings is 4. The number of carbonyl (C=O) groups excluding carboxylic acids is 4. The van der Waals surface area contributed by atoms with Crippen molar-refractivity contribution >= 4 is 46.4 Å². The Hall–Kier alpha value is -7.16. The second-order valence-electron chi connectivity index (χ2n) is 34.5. The van der Waals surface area contributed by atoms with E-state index in [1.807, 2.05) is 68.1 Å². The summed E-state index contributed by atoms with van der Waals surface area (Å²) in [5.41, 5.74) is 4.69. The Bertz CT molecular complexity index is 3440. The molecule has 24 heteroatoms. The molecular weight excluding hydrogens is 1470 g/mol. The van der Waals surface area contributed by atoms with Crippen molar-refractivity contribution in [1.82, 2.24) is 19.6 Å². The highest BCUT2D eigenvalue weighted by atomic mass is 16.8. The third kappa shape index (κ3) is 22.9. The summed E-state index contributed by atoms with van der Waals surface area (Å²) in [6.45, 7) is 32.9. The van der Waals surface area contributed by atoms with E-state index in [9.17, 15) is 19.2 Å². The van der Waals surface area contributed by atoms with Gasteiger partial charge in [0.15, 0.2) is 23.1 Å². The van der Waals surface area contributed by atoms with Gasteiger partial charge >= 0.3 is 0 Å². The van der Waals surface area contributed by atoms with Crippen LogP contribution in [0.5, 0.6) is 23.0 Å². The normalized spacial score (nSPS) is 28.1. The molecule has 4 aromatic carbocycles. The van der Waals surface area contributed by atoms with E-state index >= 15 is 0 Å². The summed E-state index contributed by atoms with van der Waals surface area (Å²) in [5, 5.41) is 0. The summed E-state index contributed by atoms with van der Waals surface area (Å²) in [4.78, 5) is 62.8. The molecule has 8 saturated heterocycles. The van der Waals surface area contributed by atoms with Gasteiger partial charge in [-0.25, -0.2) is 0 Å². The number of piperazine rings is 4. The Balaban J connectivity index is 0.000000135. The summed E-state index contributed by atoms with van der Waals surface area (Å²) < 4.78 is 73.9. The van der Waals surface area contributed by atoms with E-state index in [4.69, 9.17) is 56.8 Å². The van der Waals surface area contributed by atoms with Gasteiger partial charge in [0.05, 0.1) is 26.4 Å². The molecule has 8 atom stereocenters. The summed E-state index contributed by atoms with van der Waals surface area (Å²) >= 11 is 0. The zero-order valence-corrected chi connectivity index (χ0v) is 71.1. The van der Waals surface area contributed by atoms with E-state index in [2.05, 4.69) is 95.8 Å². The van der Waals surface area contributed by atoms with Gasteiger partial charge in [0.25, 0.3) is 0 Å². The molecule has 8 aliphatic heterocycles.